The summed E-state index contributed by atoms with van der Waals surface area (Å²) >= 11 is 0. The van der Waals surface area contributed by atoms with Crippen LogP contribution in [0.15, 0.2) is 35.4 Å². The fraction of sp³-hybridized carbons (Fsp3) is 0. The molecule has 96 valence electrons. The lowest BCUT2D eigenvalue weighted by Gasteiger charge is -2.02. The molecule has 0 aliphatic carbocycles. The standard InChI is InChI=1S/C12H11N5O2/c13-7-10(12(14)15)17-16-9-3-1-2-8(6-9)4-5-11(18)19/h1-6,16H,(H3,14,15)(H,18,19)/b5-4?,17-10+. The van der Waals surface area contributed by atoms with E-state index in [1.165, 1.54) is 6.08 Å². The highest BCUT2D eigenvalue weighted by atomic mass is 16.4. The van der Waals surface area contributed by atoms with Crippen LogP contribution in [0.1, 0.15) is 5.56 Å². The first-order valence-corrected chi connectivity index (χ1v) is 5.12. The van der Waals surface area contributed by atoms with Gasteiger partial charge in [0, 0.05) is 6.08 Å². The maximum absolute atomic E-state index is 10.4. The average Bonchev–Trinajstić information content (AvgIpc) is 2.37. The molecular formula is C12H11N5O2. The smallest absolute Gasteiger partial charge is 0.328 e. The van der Waals surface area contributed by atoms with Crippen LogP contribution < -0.4 is 11.2 Å². The minimum atomic E-state index is -1.04. The van der Waals surface area contributed by atoms with Crippen molar-refractivity contribution in [3.8, 4) is 6.07 Å². The lowest BCUT2D eigenvalue weighted by Crippen LogP contribution is -2.21. The number of rotatable bonds is 5. The molecule has 0 atom stereocenters. The van der Waals surface area contributed by atoms with Gasteiger partial charge in [-0.2, -0.15) is 10.4 Å². The third kappa shape index (κ3) is 4.70. The van der Waals surface area contributed by atoms with Gasteiger partial charge in [0.15, 0.2) is 5.84 Å². The Morgan fingerprint density at radius 3 is 2.89 bits per heavy atom. The molecule has 0 bridgehead atoms. The molecule has 7 heteroatoms. The monoisotopic (exact) mass is 257 g/mol. The summed E-state index contributed by atoms with van der Waals surface area (Å²) < 4.78 is 0. The van der Waals surface area contributed by atoms with E-state index in [0.29, 0.717) is 11.3 Å². The number of carboxylic acid groups (broad SMARTS) is 1. The van der Waals surface area contributed by atoms with Crippen molar-refractivity contribution in [2.45, 2.75) is 0 Å². The van der Waals surface area contributed by atoms with E-state index in [2.05, 4.69) is 10.5 Å². The average molecular weight is 257 g/mol. The molecule has 0 fully saturated rings. The molecule has 7 nitrogen and oxygen atoms in total. The van der Waals surface area contributed by atoms with Crippen LogP contribution in [0.5, 0.6) is 0 Å². The zero-order chi connectivity index (χ0) is 14.3. The van der Waals surface area contributed by atoms with E-state index < -0.39 is 11.8 Å². The molecule has 1 aromatic rings. The number of hydrazone groups is 1. The maximum atomic E-state index is 10.4. The fourth-order valence-electron chi connectivity index (χ4n) is 1.15. The lowest BCUT2D eigenvalue weighted by atomic mass is 10.2. The first-order chi connectivity index (χ1) is 9.02. The summed E-state index contributed by atoms with van der Waals surface area (Å²) in [6, 6.07) is 8.39. The largest absolute Gasteiger partial charge is 0.478 e. The summed E-state index contributed by atoms with van der Waals surface area (Å²) in [6.07, 6.45) is 2.44. The molecule has 1 rings (SSSR count). The molecule has 0 aliphatic heterocycles. The minimum absolute atomic E-state index is 0.230. The molecule has 0 spiro atoms. The first-order valence-electron chi connectivity index (χ1n) is 5.12. The van der Waals surface area contributed by atoms with Gasteiger partial charge in [0.1, 0.15) is 6.07 Å². The van der Waals surface area contributed by atoms with Crippen LogP contribution in [-0.2, 0) is 4.79 Å². The van der Waals surface area contributed by atoms with E-state index in [9.17, 15) is 4.79 Å². The summed E-state index contributed by atoms with van der Waals surface area (Å²) in [6.45, 7) is 0. The number of anilines is 1. The Morgan fingerprint density at radius 1 is 1.58 bits per heavy atom. The van der Waals surface area contributed by atoms with E-state index in [1.54, 1.807) is 30.3 Å². The Balaban J connectivity index is 2.86. The Kier molecular flexibility index (Phi) is 4.81. The highest BCUT2D eigenvalue weighted by Gasteiger charge is 2.00. The highest BCUT2D eigenvalue weighted by molar-refractivity contribution is 6.45. The van der Waals surface area contributed by atoms with Gasteiger partial charge in [-0.3, -0.25) is 10.8 Å². The van der Waals surface area contributed by atoms with Crippen molar-refractivity contribution in [3.05, 3.63) is 35.9 Å². The van der Waals surface area contributed by atoms with E-state index in [1.807, 2.05) is 0 Å². The Bertz CT molecular complexity index is 598. The predicted molar refractivity (Wildman–Crippen MR) is 71.7 cm³/mol. The number of nitrogens with one attached hydrogen (secondary N) is 2. The van der Waals surface area contributed by atoms with Crippen LogP contribution in [0.3, 0.4) is 0 Å². The fourth-order valence-corrected chi connectivity index (χ4v) is 1.15. The van der Waals surface area contributed by atoms with Gasteiger partial charge in [0.25, 0.3) is 0 Å². The lowest BCUT2D eigenvalue weighted by molar-refractivity contribution is -0.131. The van der Waals surface area contributed by atoms with Crippen LogP contribution >= 0.6 is 0 Å². The number of aliphatic carboxylic acids is 1. The van der Waals surface area contributed by atoms with Crippen LogP contribution in [0.2, 0.25) is 0 Å². The van der Waals surface area contributed by atoms with Crippen LogP contribution in [0.4, 0.5) is 5.69 Å². The molecule has 5 N–H and O–H groups in total. The van der Waals surface area contributed by atoms with Crippen molar-refractivity contribution in [3.63, 3.8) is 0 Å². The number of hydrogen-bond donors (Lipinski definition) is 4. The van der Waals surface area contributed by atoms with E-state index in [0.717, 1.165) is 6.08 Å². The van der Waals surface area contributed by atoms with Gasteiger partial charge in [-0.05, 0) is 23.8 Å². The molecule has 0 aromatic heterocycles. The van der Waals surface area contributed by atoms with Crippen molar-refractivity contribution in [2.24, 2.45) is 10.8 Å². The summed E-state index contributed by atoms with van der Waals surface area (Å²) in [5, 5.41) is 27.9. The molecule has 0 amide bonds. The number of nitrogens with zero attached hydrogens (tertiary/aromatic N) is 2. The van der Waals surface area contributed by atoms with Gasteiger partial charge in [-0.15, -0.1) is 0 Å². The Morgan fingerprint density at radius 2 is 2.32 bits per heavy atom. The number of nitriles is 1. The normalized spacial score (nSPS) is 11.0. The molecular weight excluding hydrogens is 246 g/mol. The summed E-state index contributed by atoms with van der Waals surface area (Å²) in [4.78, 5) is 10.4. The van der Waals surface area contributed by atoms with Crippen molar-refractivity contribution in [1.82, 2.24) is 0 Å². The molecule has 0 saturated carbocycles. The van der Waals surface area contributed by atoms with Crippen molar-refractivity contribution < 1.29 is 9.90 Å². The summed E-state index contributed by atoms with van der Waals surface area (Å²) in [7, 11) is 0. The maximum Gasteiger partial charge on any atom is 0.328 e. The third-order valence-electron chi connectivity index (χ3n) is 1.96. The molecule has 0 aliphatic rings. The van der Waals surface area contributed by atoms with Crippen molar-refractivity contribution >= 4 is 29.3 Å². The molecule has 0 radical (unpaired) electrons. The SMILES string of the molecule is N#C/C(=N\Nc1cccc(C=CC(=O)O)c1)C(=N)N. The molecule has 0 heterocycles. The van der Waals surface area contributed by atoms with Crippen LogP contribution in [-0.4, -0.2) is 22.6 Å². The van der Waals surface area contributed by atoms with Gasteiger partial charge in [-0.1, -0.05) is 12.1 Å². The topological polar surface area (TPSA) is 135 Å². The number of benzene rings is 1. The predicted octanol–water partition coefficient (Wildman–Crippen LogP) is 1.01. The second-order valence-electron chi connectivity index (χ2n) is 3.39. The van der Waals surface area contributed by atoms with Gasteiger partial charge >= 0.3 is 5.97 Å². The number of hydrogen-bond acceptors (Lipinski definition) is 5. The number of nitrogens with two attached hydrogens (primary N) is 1. The van der Waals surface area contributed by atoms with Crippen LogP contribution in [0.25, 0.3) is 6.08 Å². The summed E-state index contributed by atoms with van der Waals surface area (Å²) in [5.74, 6) is -1.48. The van der Waals surface area contributed by atoms with Crippen molar-refractivity contribution in [2.75, 3.05) is 5.43 Å². The molecule has 1 aromatic carbocycles. The molecule has 0 unspecified atom stereocenters. The van der Waals surface area contributed by atoms with Crippen LogP contribution in [0, 0.1) is 16.7 Å². The first kappa shape index (κ1) is 13.9. The number of amidine groups is 1. The van der Waals surface area contributed by atoms with Gasteiger partial charge in [0.2, 0.25) is 5.71 Å². The summed E-state index contributed by atoms with van der Waals surface area (Å²) in [5.41, 5.74) is 8.67. The second kappa shape index (κ2) is 6.56. The molecule has 0 saturated heterocycles. The third-order valence-corrected chi connectivity index (χ3v) is 1.96. The quantitative estimate of drug-likeness (QED) is 0.270. The van der Waals surface area contributed by atoms with Crippen molar-refractivity contribution in [1.29, 1.82) is 10.7 Å². The van der Waals surface area contributed by atoms with E-state index in [4.69, 9.17) is 21.5 Å². The minimum Gasteiger partial charge on any atom is -0.478 e. The van der Waals surface area contributed by atoms with E-state index in [-0.39, 0.29) is 5.71 Å². The molecule has 19 heavy (non-hydrogen) atoms. The second-order valence-corrected chi connectivity index (χ2v) is 3.39. The number of carboxylic acids is 1. The highest BCUT2D eigenvalue weighted by Crippen LogP contribution is 2.12. The number of carbonyl (C=O) groups is 1. The Labute approximate surface area is 109 Å². The zero-order valence-corrected chi connectivity index (χ0v) is 9.79. The van der Waals surface area contributed by atoms with Gasteiger partial charge < -0.3 is 10.8 Å². The Hall–Kier alpha value is -3.14. The van der Waals surface area contributed by atoms with E-state index >= 15 is 0 Å². The van der Waals surface area contributed by atoms with Gasteiger partial charge in [-0.25, -0.2) is 4.79 Å². The van der Waals surface area contributed by atoms with Gasteiger partial charge in [0.05, 0.1) is 5.69 Å². The zero-order valence-electron chi connectivity index (χ0n) is 9.79.